The summed E-state index contributed by atoms with van der Waals surface area (Å²) in [4.78, 5) is 14.2. The maximum atomic E-state index is 12.7. The van der Waals surface area contributed by atoms with Gasteiger partial charge in [-0.15, -0.1) is 0 Å². The molecule has 1 aromatic heterocycles. The highest BCUT2D eigenvalue weighted by atomic mass is 19.4. The first kappa shape index (κ1) is 19.2. The van der Waals surface area contributed by atoms with Crippen molar-refractivity contribution in [1.29, 1.82) is 0 Å². The van der Waals surface area contributed by atoms with E-state index in [0.29, 0.717) is 13.1 Å². The molecule has 1 fully saturated rings. The fraction of sp³-hybridized carbons (Fsp3) is 0.444. The van der Waals surface area contributed by atoms with Crippen LogP contribution in [0.3, 0.4) is 0 Å². The zero-order valence-electron chi connectivity index (χ0n) is 14.9. The van der Waals surface area contributed by atoms with Crippen LogP contribution in [0.15, 0.2) is 36.5 Å². The Bertz CT molecular complexity index is 796. The van der Waals surface area contributed by atoms with Crippen molar-refractivity contribution < 1.29 is 27.4 Å². The number of nitrogens with zero attached hydrogens (tertiary/aromatic N) is 3. The van der Waals surface area contributed by atoms with Crippen LogP contribution in [0.4, 0.5) is 13.2 Å². The molecule has 0 saturated carbocycles. The van der Waals surface area contributed by atoms with Gasteiger partial charge in [-0.05, 0) is 38.1 Å². The summed E-state index contributed by atoms with van der Waals surface area (Å²) in [6.07, 6.45) is -2.99. The monoisotopic (exact) mass is 383 g/mol. The molecule has 9 heteroatoms. The van der Waals surface area contributed by atoms with Gasteiger partial charge >= 0.3 is 6.18 Å². The summed E-state index contributed by atoms with van der Waals surface area (Å²) in [5.74, 6) is -0.140. The third-order valence-electron chi connectivity index (χ3n) is 4.09. The molecule has 1 saturated heterocycles. The Morgan fingerprint density at radius 2 is 1.96 bits per heavy atom. The lowest BCUT2D eigenvalue weighted by Gasteiger charge is -2.34. The molecule has 0 N–H and O–H groups in total. The third-order valence-corrected chi connectivity index (χ3v) is 4.09. The van der Waals surface area contributed by atoms with Crippen molar-refractivity contribution in [2.24, 2.45) is 0 Å². The molecule has 2 heterocycles. The van der Waals surface area contributed by atoms with Crippen LogP contribution in [0.25, 0.3) is 0 Å². The van der Waals surface area contributed by atoms with E-state index in [-0.39, 0.29) is 36.3 Å². The van der Waals surface area contributed by atoms with Gasteiger partial charge in [-0.25, -0.2) is 4.68 Å². The van der Waals surface area contributed by atoms with E-state index in [0.717, 1.165) is 12.1 Å². The number of aromatic nitrogens is 2. The second-order valence-electron chi connectivity index (χ2n) is 6.51. The van der Waals surface area contributed by atoms with E-state index >= 15 is 0 Å². The van der Waals surface area contributed by atoms with Crippen molar-refractivity contribution >= 4 is 5.91 Å². The molecule has 0 aliphatic carbocycles. The van der Waals surface area contributed by atoms with Crippen molar-refractivity contribution in [2.45, 2.75) is 39.0 Å². The van der Waals surface area contributed by atoms with Crippen LogP contribution in [-0.2, 0) is 17.6 Å². The van der Waals surface area contributed by atoms with Crippen LogP contribution >= 0.6 is 0 Å². The zero-order valence-corrected chi connectivity index (χ0v) is 14.9. The molecule has 2 aromatic rings. The largest absolute Gasteiger partial charge is 0.471 e. The number of benzene rings is 1. The number of carbonyl (C=O) groups excluding carboxylic acids is 1. The molecule has 146 valence electrons. The maximum absolute atomic E-state index is 12.7. The molecule has 2 atom stereocenters. The Balaban J connectivity index is 1.62. The maximum Gasteiger partial charge on any atom is 0.416 e. The molecule has 0 radical (unpaired) electrons. The standard InChI is InChI=1S/C18H20F3N3O3/c1-12-9-23(10-13(2)27-12)17(25)16-6-7-24(22-16)11-26-15-5-3-4-14(8-15)18(19,20)21/h3-8,12-13H,9-11H2,1-2H3/t12-,13+. The number of morpholine rings is 1. The molecule has 1 amide bonds. The molecular weight excluding hydrogens is 363 g/mol. The van der Waals surface area contributed by atoms with Gasteiger partial charge in [0.05, 0.1) is 17.8 Å². The summed E-state index contributed by atoms with van der Waals surface area (Å²) in [5, 5.41) is 4.16. The van der Waals surface area contributed by atoms with Gasteiger partial charge < -0.3 is 14.4 Å². The summed E-state index contributed by atoms with van der Waals surface area (Å²) in [7, 11) is 0. The molecule has 0 bridgehead atoms. The second-order valence-corrected chi connectivity index (χ2v) is 6.51. The van der Waals surface area contributed by atoms with Crippen LogP contribution < -0.4 is 4.74 Å². The van der Waals surface area contributed by atoms with E-state index in [2.05, 4.69) is 5.10 Å². The van der Waals surface area contributed by atoms with Crippen molar-refractivity contribution in [1.82, 2.24) is 14.7 Å². The predicted octanol–water partition coefficient (Wildman–Crippen LogP) is 3.19. The zero-order chi connectivity index (χ0) is 19.6. The number of amides is 1. The van der Waals surface area contributed by atoms with E-state index in [9.17, 15) is 18.0 Å². The quantitative estimate of drug-likeness (QED) is 0.814. The van der Waals surface area contributed by atoms with Gasteiger partial charge in [0.1, 0.15) is 5.75 Å². The summed E-state index contributed by atoms with van der Waals surface area (Å²) in [6.45, 7) is 4.66. The first-order valence-corrected chi connectivity index (χ1v) is 8.50. The number of ether oxygens (including phenoxy) is 2. The van der Waals surface area contributed by atoms with Crippen LogP contribution in [0.1, 0.15) is 29.9 Å². The van der Waals surface area contributed by atoms with E-state index in [1.807, 2.05) is 13.8 Å². The Hall–Kier alpha value is -2.55. The highest BCUT2D eigenvalue weighted by Gasteiger charge is 2.30. The molecule has 27 heavy (non-hydrogen) atoms. The lowest BCUT2D eigenvalue weighted by molar-refractivity contribution is -0.137. The number of carbonyl (C=O) groups is 1. The van der Waals surface area contributed by atoms with Gasteiger partial charge in [-0.1, -0.05) is 6.07 Å². The average molecular weight is 383 g/mol. The molecule has 1 aromatic carbocycles. The van der Waals surface area contributed by atoms with Crippen LogP contribution in [0.5, 0.6) is 5.75 Å². The summed E-state index contributed by atoms with van der Waals surface area (Å²) in [6, 6.07) is 6.16. The van der Waals surface area contributed by atoms with Crippen LogP contribution in [-0.4, -0.2) is 45.9 Å². The average Bonchev–Trinajstić information content (AvgIpc) is 3.07. The fourth-order valence-corrected chi connectivity index (χ4v) is 2.96. The van der Waals surface area contributed by atoms with Crippen molar-refractivity contribution in [2.75, 3.05) is 13.1 Å². The Labute approximate surface area is 154 Å². The van der Waals surface area contributed by atoms with E-state index in [1.54, 1.807) is 17.2 Å². The summed E-state index contributed by atoms with van der Waals surface area (Å²) >= 11 is 0. The van der Waals surface area contributed by atoms with Gasteiger partial charge in [0.25, 0.3) is 5.91 Å². The van der Waals surface area contributed by atoms with E-state index in [4.69, 9.17) is 9.47 Å². The number of halogens is 3. The minimum Gasteiger partial charge on any atom is -0.471 e. The molecule has 1 aliphatic heterocycles. The lowest BCUT2D eigenvalue weighted by atomic mass is 10.2. The minimum absolute atomic E-state index is 0.0518. The minimum atomic E-state index is -4.43. The molecule has 0 unspecified atom stereocenters. The lowest BCUT2D eigenvalue weighted by Crippen LogP contribution is -2.48. The number of rotatable bonds is 4. The van der Waals surface area contributed by atoms with Crippen LogP contribution in [0.2, 0.25) is 0 Å². The van der Waals surface area contributed by atoms with Gasteiger partial charge in [0, 0.05) is 19.3 Å². The number of alkyl halides is 3. The molecule has 3 rings (SSSR count). The Morgan fingerprint density at radius 1 is 1.26 bits per heavy atom. The molecule has 6 nitrogen and oxygen atoms in total. The summed E-state index contributed by atoms with van der Waals surface area (Å²) in [5.41, 5.74) is -0.532. The van der Waals surface area contributed by atoms with Crippen molar-refractivity contribution in [3.05, 3.63) is 47.8 Å². The van der Waals surface area contributed by atoms with Gasteiger partial charge in [-0.2, -0.15) is 18.3 Å². The topological polar surface area (TPSA) is 56.6 Å². The Morgan fingerprint density at radius 3 is 2.63 bits per heavy atom. The second kappa shape index (κ2) is 7.59. The smallest absolute Gasteiger partial charge is 0.416 e. The predicted molar refractivity (Wildman–Crippen MR) is 90.2 cm³/mol. The number of hydrogen-bond acceptors (Lipinski definition) is 4. The molecule has 1 aliphatic rings. The van der Waals surface area contributed by atoms with E-state index < -0.39 is 11.7 Å². The normalized spacial score (nSPS) is 20.6. The molecular formula is C18H20F3N3O3. The van der Waals surface area contributed by atoms with Crippen molar-refractivity contribution in [3.8, 4) is 5.75 Å². The van der Waals surface area contributed by atoms with Crippen molar-refractivity contribution in [3.63, 3.8) is 0 Å². The Kier molecular flexibility index (Phi) is 5.41. The SMILES string of the molecule is C[C@@H]1CN(C(=O)c2ccn(COc3cccc(C(F)(F)F)c3)n2)C[C@H](C)O1. The highest BCUT2D eigenvalue weighted by molar-refractivity contribution is 5.92. The van der Waals surface area contributed by atoms with Crippen LogP contribution in [0, 0.1) is 0 Å². The first-order chi connectivity index (χ1) is 12.7. The fourth-order valence-electron chi connectivity index (χ4n) is 2.96. The van der Waals surface area contributed by atoms with E-state index in [1.165, 1.54) is 16.8 Å². The first-order valence-electron chi connectivity index (χ1n) is 8.50. The van der Waals surface area contributed by atoms with Gasteiger partial charge in [0.2, 0.25) is 0 Å². The van der Waals surface area contributed by atoms with Gasteiger partial charge in [0.15, 0.2) is 12.4 Å². The molecule has 0 spiro atoms. The number of hydrogen-bond donors (Lipinski definition) is 0. The van der Waals surface area contributed by atoms with Gasteiger partial charge in [-0.3, -0.25) is 4.79 Å². The highest BCUT2D eigenvalue weighted by Crippen LogP contribution is 2.31. The summed E-state index contributed by atoms with van der Waals surface area (Å²) < 4.78 is 50.5. The third kappa shape index (κ3) is 4.79.